The molecule has 0 aliphatic carbocycles. The number of halogens is 1. The fourth-order valence-corrected chi connectivity index (χ4v) is 1.96. The van der Waals surface area contributed by atoms with Gasteiger partial charge in [0.15, 0.2) is 0 Å². The lowest BCUT2D eigenvalue weighted by atomic mass is 10.2. The van der Waals surface area contributed by atoms with Crippen LogP contribution in [0.2, 0.25) is 0 Å². The molecule has 0 amide bonds. The van der Waals surface area contributed by atoms with Gasteiger partial charge in [-0.25, -0.2) is 0 Å². The van der Waals surface area contributed by atoms with Gasteiger partial charge in [0.2, 0.25) is 0 Å². The van der Waals surface area contributed by atoms with Gasteiger partial charge in [-0.15, -0.1) is 11.6 Å². The van der Waals surface area contributed by atoms with Crippen molar-refractivity contribution in [1.82, 2.24) is 0 Å². The van der Waals surface area contributed by atoms with E-state index in [9.17, 15) is 0 Å². The second-order valence-electron chi connectivity index (χ2n) is 4.12. The first kappa shape index (κ1) is 14.5. The summed E-state index contributed by atoms with van der Waals surface area (Å²) in [6.07, 6.45) is 0. The number of para-hydroxylation sites is 1. The monoisotopic (exact) mass is 292 g/mol. The average molecular weight is 293 g/mol. The SMILES string of the molecule is COc1ccc(OCCOc2ccccc2)c(CCl)c1. The summed E-state index contributed by atoms with van der Waals surface area (Å²) in [5.74, 6) is 2.75. The van der Waals surface area contributed by atoms with Crippen LogP contribution in [0.4, 0.5) is 0 Å². The molecule has 106 valence electrons. The van der Waals surface area contributed by atoms with Crippen LogP contribution in [0.15, 0.2) is 48.5 Å². The third kappa shape index (κ3) is 4.07. The summed E-state index contributed by atoms with van der Waals surface area (Å²) in [5.41, 5.74) is 0.908. The standard InChI is InChI=1S/C16H17ClO3/c1-18-15-7-8-16(13(11-15)12-17)20-10-9-19-14-5-3-2-4-6-14/h2-8,11H,9-10,12H2,1H3. The first-order valence-corrected chi connectivity index (χ1v) is 6.90. The second-order valence-corrected chi connectivity index (χ2v) is 4.38. The van der Waals surface area contributed by atoms with Gasteiger partial charge in [0.05, 0.1) is 13.0 Å². The van der Waals surface area contributed by atoms with Gasteiger partial charge in [0.1, 0.15) is 30.5 Å². The smallest absolute Gasteiger partial charge is 0.124 e. The summed E-state index contributed by atoms with van der Waals surface area (Å²) >= 11 is 5.90. The van der Waals surface area contributed by atoms with Gasteiger partial charge in [-0.1, -0.05) is 18.2 Å². The molecular weight excluding hydrogens is 276 g/mol. The van der Waals surface area contributed by atoms with Crippen molar-refractivity contribution in [3.05, 3.63) is 54.1 Å². The van der Waals surface area contributed by atoms with Crippen LogP contribution in [0.25, 0.3) is 0 Å². The quantitative estimate of drug-likeness (QED) is 0.572. The van der Waals surface area contributed by atoms with Crippen molar-refractivity contribution in [2.75, 3.05) is 20.3 Å². The number of hydrogen-bond acceptors (Lipinski definition) is 3. The zero-order valence-corrected chi connectivity index (χ0v) is 12.1. The molecule has 0 aliphatic rings. The number of methoxy groups -OCH3 is 1. The Hall–Kier alpha value is -1.87. The molecule has 0 N–H and O–H groups in total. The van der Waals surface area contributed by atoms with E-state index in [1.54, 1.807) is 7.11 Å². The fraction of sp³-hybridized carbons (Fsp3) is 0.250. The highest BCUT2D eigenvalue weighted by Gasteiger charge is 2.05. The topological polar surface area (TPSA) is 27.7 Å². The van der Waals surface area contributed by atoms with E-state index >= 15 is 0 Å². The van der Waals surface area contributed by atoms with Crippen LogP contribution in [-0.2, 0) is 5.88 Å². The third-order valence-corrected chi connectivity index (χ3v) is 3.05. The zero-order chi connectivity index (χ0) is 14.2. The lowest BCUT2D eigenvalue weighted by Gasteiger charge is -2.12. The van der Waals surface area contributed by atoms with Gasteiger partial charge in [0, 0.05) is 5.56 Å². The Morgan fingerprint density at radius 3 is 2.35 bits per heavy atom. The van der Waals surface area contributed by atoms with Gasteiger partial charge >= 0.3 is 0 Å². The van der Waals surface area contributed by atoms with E-state index in [1.165, 1.54) is 0 Å². The number of rotatable bonds is 7. The predicted molar refractivity (Wildman–Crippen MR) is 80.0 cm³/mol. The molecule has 0 fully saturated rings. The maximum absolute atomic E-state index is 5.90. The Balaban J connectivity index is 1.85. The van der Waals surface area contributed by atoms with Gasteiger partial charge in [0.25, 0.3) is 0 Å². The molecule has 0 atom stereocenters. The number of alkyl halides is 1. The molecule has 0 aliphatic heterocycles. The molecular formula is C16H17ClO3. The van der Waals surface area contributed by atoms with Crippen LogP contribution in [0.3, 0.4) is 0 Å². The minimum Gasteiger partial charge on any atom is -0.497 e. The van der Waals surface area contributed by atoms with Crippen molar-refractivity contribution in [3.63, 3.8) is 0 Å². The van der Waals surface area contributed by atoms with E-state index in [0.717, 1.165) is 22.8 Å². The Morgan fingerprint density at radius 2 is 1.65 bits per heavy atom. The highest BCUT2D eigenvalue weighted by Crippen LogP contribution is 2.25. The van der Waals surface area contributed by atoms with Crippen LogP contribution in [-0.4, -0.2) is 20.3 Å². The molecule has 2 rings (SSSR count). The summed E-state index contributed by atoms with van der Waals surface area (Å²) in [6.45, 7) is 0.947. The van der Waals surface area contributed by atoms with Gasteiger partial charge in [-0.05, 0) is 30.3 Å². The molecule has 0 spiro atoms. The van der Waals surface area contributed by atoms with Crippen LogP contribution in [0, 0.1) is 0 Å². The summed E-state index contributed by atoms with van der Waals surface area (Å²) in [6, 6.07) is 15.2. The van der Waals surface area contributed by atoms with Gasteiger partial charge in [-0.3, -0.25) is 0 Å². The maximum Gasteiger partial charge on any atom is 0.124 e. The van der Waals surface area contributed by atoms with E-state index in [4.69, 9.17) is 25.8 Å². The summed E-state index contributed by atoms with van der Waals surface area (Å²) in [7, 11) is 1.63. The molecule has 3 nitrogen and oxygen atoms in total. The van der Waals surface area contributed by atoms with Crippen molar-refractivity contribution >= 4 is 11.6 Å². The molecule has 4 heteroatoms. The predicted octanol–water partition coefficient (Wildman–Crippen LogP) is 3.89. The molecule has 0 saturated carbocycles. The van der Waals surface area contributed by atoms with Crippen molar-refractivity contribution in [2.24, 2.45) is 0 Å². The lowest BCUT2D eigenvalue weighted by molar-refractivity contribution is 0.216. The van der Waals surface area contributed by atoms with Crippen molar-refractivity contribution < 1.29 is 14.2 Å². The molecule has 0 aromatic heterocycles. The van der Waals surface area contributed by atoms with Crippen molar-refractivity contribution in [2.45, 2.75) is 5.88 Å². The Labute approximate surface area is 124 Å². The molecule has 0 bridgehead atoms. The summed E-state index contributed by atoms with van der Waals surface area (Å²) in [5, 5.41) is 0. The number of ether oxygens (including phenoxy) is 3. The highest BCUT2D eigenvalue weighted by atomic mass is 35.5. The van der Waals surface area contributed by atoms with Gasteiger partial charge in [-0.2, -0.15) is 0 Å². The first-order chi connectivity index (χ1) is 9.83. The van der Waals surface area contributed by atoms with Crippen LogP contribution < -0.4 is 14.2 Å². The van der Waals surface area contributed by atoms with E-state index < -0.39 is 0 Å². The van der Waals surface area contributed by atoms with Crippen LogP contribution in [0.5, 0.6) is 17.2 Å². The lowest BCUT2D eigenvalue weighted by Crippen LogP contribution is -2.09. The first-order valence-electron chi connectivity index (χ1n) is 6.37. The van der Waals surface area contributed by atoms with Gasteiger partial charge < -0.3 is 14.2 Å². The molecule has 0 radical (unpaired) electrons. The molecule has 0 saturated heterocycles. The molecule has 2 aromatic carbocycles. The van der Waals surface area contributed by atoms with E-state index in [0.29, 0.717) is 19.1 Å². The molecule has 0 heterocycles. The average Bonchev–Trinajstić information content (AvgIpc) is 2.52. The summed E-state index contributed by atoms with van der Waals surface area (Å²) in [4.78, 5) is 0. The summed E-state index contributed by atoms with van der Waals surface area (Å²) < 4.78 is 16.4. The molecule has 20 heavy (non-hydrogen) atoms. The Morgan fingerprint density at radius 1 is 0.900 bits per heavy atom. The zero-order valence-electron chi connectivity index (χ0n) is 11.3. The van der Waals surface area contributed by atoms with E-state index in [-0.39, 0.29) is 0 Å². The number of hydrogen-bond donors (Lipinski definition) is 0. The Bertz CT molecular complexity index is 529. The van der Waals surface area contributed by atoms with Crippen molar-refractivity contribution in [3.8, 4) is 17.2 Å². The molecule has 0 unspecified atom stereocenters. The fourth-order valence-electron chi connectivity index (χ4n) is 1.76. The number of benzene rings is 2. The second kappa shape index (κ2) is 7.65. The largest absolute Gasteiger partial charge is 0.497 e. The minimum atomic E-state index is 0.381. The van der Waals surface area contributed by atoms with Crippen LogP contribution in [0.1, 0.15) is 5.56 Å². The minimum absolute atomic E-state index is 0.381. The highest BCUT2D eigenvalue weighted by molar-refractivity contribution is 6.17. The normalized spacial score (nSPS) is 10.1. The van der Waals surface area contributed by atoms with E-state index in [1.807, 2.05) is 48.5 Å². The third-order valence-electron chi connectivity index (χ3n) is 2.76. The Kier molecular flexibility index (Phi) is 5.56. The van der Waals surface area contributed by atoms with Crippen LogP contribution >= 0.6 is 11.6 Å². The maximum atomic E-state index is 5.90. The van der Waals surface area contributed by atoms with E-state index in [2.05, 4.69) is 0 Å². The van der Waals surface area contributed by atoms with Crippen molar-refractivity contribution in [1.29, 1.82) is 0 Å². The molecule has 2 aromatic rings.